The molecule has 6 nitrogen and oxygen atoms in total. The Balaban J connectivity index is 1.41. The number of likely N-dealkylation sites (tertiary alicyclic amines) is 1. The number of ether oxygens (including phenoxy) is 1. The maximum Gasteiger partial charge on any atom is 0.277 e. The van der Waals surface area contributed by atoms with Gasteiger partial charge in [-0.25, -0.2) is 5.43 Å². The third-order valence-electron chi connectivity index (χ3n) is 4.39. The minimum Gasteiger partial charge on any atom is -0.482 e. The lowest BCUT2D eigenvalue weighted by molar-refractivity contribution is -0.123. The molecule has 138 valence electrons. The van der Waals surface area contributed by atoms with E-state index in [1.165, 1.54) is 5.56 Å². The lowest BCUT2D eigenvalue weighted by atomic mass is 10.1. The molecule has 1 fully saturated rings. The van der Waals surface area contributed by atoms with Gasteiger partial charge in [0.05, 0.1) is 5.56 Å². The van der Waals surface area contributed by atoms with E-state index < -0.39 is 0 Å². The smallest absolute Gasteiger partial charge is 0.277 e. The van der Waals surface area contributed by atoms with Crippen molar-refractivity contribution in [2.45, 2.75) is 19.4 Å². The molecular weight excluding hydrogens is 340 g/mol. The molecule has 1 aliphatic rings. The minimum absolute atomic E-state index is 0.171. The van der Waals surface area contributed by atoms with Gasteiger partial charge in [0, 0.05) is 38.2 Å². The summed E-state index contributed by atoms with van der Waals surface area (Å²) in [7, 11) is 0. The Bertz CT molecular complexity index is 833. The molecule has 1 saturated heterocycles. The van der Waals surface area contributed by atoms with Crippen LogP contribution in [0, 0.1) is 11.3 Å². The molecule has 0 unspecified atom stereocenters. The van der Waals surface area contributed by atoms with Crippen LogP contribution in [0.1, 0.15) is 24.0 Å². The summed E-state index contributed by atoms with van der Waals surface area (Å²) in [5.74, 6) is 0.0685. The molecule has 1 aliphatic heterocycles. The van der Waals surface area contributed by atoms with Gasteiger partial charge >= 0.3 is 0 Å². The molecule has 1 heterocycles. The number of hydrogen-bond acceptors (Lipinski definition) is 5. The zero-order valence-electron chi connectivity index (χ0n) is 15.1. The van der Waals surface area contributed by atoms with Gasteiger partial charge in [-0.3, -0.25) is 9.69 Å². The molecule has 1 N–H and O–H groups in total. The normalized spacial score (nSPS) is 14.3. The minimum atomic E-state index is -0.332. The van der Waals surface area contributed by atoms with Crippen LogP contribution in [-0.4, -0.2) is 36.2 Å². The Kier molecular flexibility index (Phi) is 6.55. The molecule has 3 rings (SSSR count). The maximum atomic E-state index is 11.9. The van der Waals surface area contributed by atoms with E-state index in [-0.39, 0.29) is 12.5 Å². The quantitative estimate of drug-likeness (QED) is 0.802. The molecular formula is C21H22N4O2. The first-order chi connectivity index (χ1) is 13.2. The van der Waals surface area contributed by atoms with E-state index in [0.29, 0.717) is 11.3 Å². The molecule has 0 aromatic heterocycles. The number of nitrogens with zero attached hydrogens (tertiary/aromatic N) is 3. The Morgan fingerprint density at radius 3 is 2.56 bits per heavy atom. The number of nitriles is 1. The molecule has 1 amide bonds. The van der Waals surface area contributed by atoms with E-state index in [2.05, 4.69) is 39.7 Å². The number of nitrogens with one attached hydrogen (secondary N) is 1. The van der Waals surface area contributed by atoms with Gasteiger partial charge in [0.15, 0.2) is 6.61 Å². The van der Waals surface area contributed by atoms with Gasteiger partial charge in [-0.1, -0.05) is 42.5 Å². The van der Waals surface area contributed by atoms with E-state index in [1.54, 1.807) is 24.3 Å². The van der Waals surface area contributed by atoms with Crippen LogP contribution < -0.4 is 10.2 Å². The largest absolute Gasteiger partial charge is 0.482 e. The van der Waals surface area contributed by atoms with Gasteiger partial charge in [-0.05, 0) is 17.7 Å². The molecule has 0 bridgehead atoms. The van der Waals surface area contributed by atoms with E-state index in [0.717, 1.165) is 38.2 Å². The maximum absolute atomic E-state index is 11.9. The highest BCUT2D eigenvalue weighted by Gasteiger charge is 2.15. The number of piperidine rings is 1. The summed E-state index contributed by atoms with van der Waals surface area (Å²) < 4.78 is 5.40. The van der Waals surface area contributed by atoms with Crippen LogP contribution in [0.3, 0.4) is 0 Å². The van der Waals surface area contributed by atoms with E-state index in [9.17, 15) is 4.79 Å². The van der Waals surface area contributed by atoms with Crippen LogP contribution in [0.2, 0.25) is 0 Å². The van der Waals surface area contributed by atoms with E-state index in [4.69, 9.17) is 10.00 Å². The van der Waals surface area contributed by atoms with Crippen molar-refractivity contribution in [1.82, 2.24) is 10.3 Å². The summed E-state index contributed by atoms with van der Waals surface area (Å²) in [6.07, 6.45) is 1.68. The number of carbonyl (C=O) groups excluding carboxylic acids is 1. The van der Waals surface area contributed by atoms with Crippen molar-refractivity contribution in [2.24, 2.45) is 5.10 Å². The first-order valence-corrected chi connectivity index (χ1v) is 8.97. The number of rotatable bonds is 6. The average Bonchev–Trinajstić information content (AvgIpc) is 2.72. The summed E-state index contributed by atoms with van der Waals surface area (Å²) in [6.45, 7) is 2.62. The van der Waals surface area contributed by atoms with Gasteiger partial charge in [0.25, 0.3) is 5.91 Å². The van der Waals surface area contributed by atoms with Crippen LogP contribution in [0.5, 0.6) is 5.75 Å². The predicted molar refractivity (Wildman–Crippen MR) is 103 cm³/mol. The second kappa shape index (κ2) is 9.51. The third-order valence-corrected chi connectivity index (χ3v) is 4.39. The standard InChI is InChI=1S/C21H22N4O2/c22-14-18-8-4-5-9-20(18)27-16-21(26)24-23-19-10-12-25(13-11-19)15-17-6-2-1-3-7-17/h1-9H,10-13,15-16H2,(H,24,26). The van der Waals surface area contributed by atoms with Gasteiger partial charge in [0.2, 0.25) is 0 Å². The fourth-order valence-corrected chi connectivity index (χ4v) is 2.92. The first kappa shape index (κ1) is 18.6. The highest BCUT2D eigenvalue weighted by molar-refractivity contribution is 5.87. The van der Waals surface area contributed by atoms with E-state index >= 15 is 0 Å². The number of hydrogen-bond donors (Lipinski definition) is 1. The topological polar surface area (TPSA) is 77.7 Å². The van der Waals surface area contributed by atoms with E-state index in [1.807, 2.05) is 12.1 Å². The Labute approximate surface area is 159 Å². The van der Waals surface area contributed by atoms with Gasteiger partial charge in [-0.2, -0.15) is 10.4 Å². The van der Waals surface area contributed by atoms with Crippen molar-refractivity contribution < 1.29 is 9.53 Å². The first-order valence-electron chi connectivity index (χ1n) is 8.97. The van der Waals surface area contributed by atoms with Crippen LogP contribution in [0.25, 0.3) is 0 Å². The van der Waals surface area contributed by atoms with Gasteiger partial charge in [-0.15, -0.1) is 0 Å². The van der Waals surface area contributed by atoms with Crippen LogP contribution in [0.4, 0.5) is 0 Å². The molecule has 0 radical (unpaired) electrons. The van der Waals surface area contributed by atoms with Crippen molar-refractivity contribution >= 4 is 11.6 Å². The van der Waals surface area contributed by atoms with Crippen molar-refractivity contribution in [3.63, 3.8) is 0 Å². The summed E-state index contributed by atoms with van der Waals surface area (Å²) in [4.78, 5) is 14.3. The highest BCUT2D eigenvalue weighted by Crippen LogP contribution is 2.16. The lowest BCUT2D eigenvalue weighted by Gasteiger charge is -2.27. The van der Waals surface area contributed by atoms with Crippen LogP contribution >= 0.6 is 0 Å². The van der Waals surface area contributed by atoms with Crippen LogP contribution in [0.15, 0.2) is 59.7 Å². The average molecular weight is 362 g/mol. The Morgan fingerprint density at radius 2 is 1.81 bits per heavy atom. The molecule has 27 heavy (non-hydrogen) atoms. The number of amides is 1. The summed E-state index contributed by atoms with van der Waals surface area (Å²) >= 11 is 0. The zero-order valence-corrected chi connectivity index (χ0v) is 15.1. The number of hydrazone groups is 1. The third kappa shape index (κ3) is 5.66. The molecule has 0 saturated carbocycles. The molecule has 2 aromatic carbocycles. The van der Waals surface area contributed by atoms with Crippen molar-refractivity contribution in [3.05, 3.63) is 65.7 Å². The molecule has 0 aliphatic carbocycles. The molecule has 6 heteroatoms. The summed E-state index contributed by atoms with van der Waals surface area (Å²) in [5, 5.41) is 13.2. The fraction of sp³-hybridized carbons (Fsp3) is 0.286. The number of para-hydroxylation sites is 1. The van der Waals surface area contributed by atoms with Crippen LogP contribution in [-0.2, 0) is 11.3 Å². The zero-order chi connectivity index (χ0) is 18.9. The lowest BCUT2D eigenvalue weighted by Crippen LogP contribution is -2.35. The van der Waals surface area contributed by atoms with Crippen molar-refractivity contribution in [1.29, 1.82) is 5.26 Å². The molecule has 0 spiro atoms. The second-order valence-electron chi connectivity index (χ2n) is 6.37. The Morgan fingerprint density at radius 1 is 1.11 bits per heavy atom. The van der Waals surface area contributed by atoms with Crippen molar-refractivity contribution in [3.8, 4) is 11.8 Å². The Hall–Kier alpha value is -3.17. The molecule has 2 aromatic rings. The number of carbonyl (C=O) groups is 1. The number of benzene rings is 2. The van der Waals surface area contributed by atoms with Gasteiger partial charge < -0.3 is 4.74 Å². The summed E-state index contributed by atoms with van der Waals surface area (Å²) in [6, 6.07) is 19.3. The summed E-state index contributed by atoms with van der Waals surface area (Å²) in [5.41, 5.74) is 5.25. The molecule has 0 atom stereocenters. The van der Waals surface area contributed by atoms with Gasteiger partial charge in [0.1, 0.15) is 11.8 Å². The monoisotopic (exact) mass is 362 g/mol. The second-order valence-corrected chi connectivity index (χ2v) is 6.37. The fourth-order valence-electron chi connectivity index (χ4n) is 2.92. The highest BCUT2D eigenvalue weighted by atomic mass is 16.5. The predicted octanol–water partition coefficient (Wildman–Crippen LogP) is 2.71. The van der Waals surface area contributed by atoms with Crippen molar-refractivity contribution in [2.75, 3.05) is 19.7 Å². The SMILES string of the molecule is N#Cc1ccccc1OCC(=O)NN=C1CCN(Cc2ccccc2)CC1.